The highest BCUT2D eigenvalue weighted by atomic mass is 16.5. The van der Waals surface area contributed by atoms with Gasteiger partial charge in [-0.15, -0.1) is 0 Å². The van der Waals surface area contributed by atoms with Crippen molar-refractivity contribution in [3.8, 4) is 5.88 Å². The Bertz CT molecular complexity index is 385. The highest BCUT2D eigenvalue weighted by Gasteiger charge is 2.11. The molecule has 6 nitrogen and oxygen atoms in total. The molecular formula is C12H22N4O2. The summed E-state index contributed by atoms with van der Waals surface area (Å²) in [5, 5.41) is 7.06. The lowest BCUT2D eigenvalue weighted by atomic mass is 10.0. The van der Waals surface area contributed by atoms with E-state index in [2.05, 4.69) is 10.4 Å². The van der Waals surface area contributed by atoms with E-state index in [0.717, 1.165) is 12.1 Å². The summed E-state index contributed by atoms with van der Waals surface area (Å²) in [6.45, 7) is 2.99. The molecule has 1 heterocycles. The number of aryl methyl sites for hydroxylation is 1. The normalized spacial score (nSPS) is 12.2. The lowest BCUT2D eigenvalue weighted by Crippen LogP contribution is -2.27. The molecule has 0 saturated carbocycles. The molecule has 102 valence electrons. The minimum absolute atomic E-state index is 0.0110. The summed E-state index contributed by atoms with van der Waals surface area (Å²) in [5.74, 6) is 0.938. The molecule has 1 amide bonds. The molecule has 18 heavy (non-hydrogen) atoms. The Morgan fingerprint density at radius 1 is 1.67 bits per heavy atom. The lowest BCUT2D eigenvalue weighted by molar-refractivity contribution is -0.122. The van der Waals surface area contributed by atoms with E-state index in [0.29, 0.717) is 25.4 Å². The molecule has 0 saturated heterocycles. The summed E-state index contributed by atoms with van der Waals surface area (Å²) >= 11 is 0. The first-order chi connectivity index (χ1) is 8.60. The number of ether oxygens (including phenoxy) is 1. The third kappa shape index (κ3) is 4.03. The Morgan fingerprint density at radius 3 is 2.89 bits per heavy atom. The van der Waals surface area contributed by atoms with Crippen LogP contribution in [0.15, 0.2) is 6.07 Å². The summed E-state index contributed by atoms with van der Waals surface area (Å²) in [7, 11) is 3.39. The third-order valence-corrected chi connectivity index (χ3v) is 2.95. The van der Waals surface area contributed by atoms with Crippen LogP contribution < -0.4 is 15.8 Å². The monoisotopic (exact) mass is 254 g/mol. The summed E-state index contributed by atoms with van der Waals surface area (Å²) in [6.07, 6.45) is 1.39. The van der Waals surface area contributed by atoms with Gasteiger partial charge in [-0.05, 0) is 12.5 Å². The summed E-state index contributed by atoms with van der Waals surface area (Å²) in [4.78, 5) is 11.7. The number of hydrogen-bond acceptors (Lipinski definition) is 4. The molecule has 0 fully saturated rings. The van der Waals surface area contributed by atoms with Gasteiger partial charge in [0.25, 0.3) is 0 Å². The van der Waals surface area contributed by atoms with E-state index in [1.54, 1.807) is 24.9 Å². The van der Waals surface area contributed by atoms with E-state index in [4.69, 9.17) is 10.5 Å². The van der Waals surface area contributed by atoms with Crippen LogP contribution in [-0.4, -0.2) is 29.3 Å². The number of aromatic nitrogens is 2. The van der Waals surface area contributed by atoms with E-state index in [-0.39, 0.29) is 11.8 Å². The number of hydrogen-bond donors (Lipinski definition) is 2. The number of carbonyl (C=O) groups excluding carboxylic acids is 1. The standard InChI is InChI=1S/C12H22N4O2/c1-4-9(7-13)5-11(17)14-8-10-6-12(18-3)16(2)15-10/h6,9H,4-5,7-8,13H2,1-3H3,(H,14,17). The van der Waals surface area contributed by atoms with Gasteiger partial charge in [0.2, 0.25) is 11.8 Å². The number of carbonyl (C=O) groups is 1. The first kappa shape index (κ1) is 14.5. The molecule has 0 aromatic carbocycles. The van der Waals surface area contributed by atoms with Crippen molar-refractivity contribution < 1.29 is 9.53 Å². The second-order valence-corrected chi connectivity index (χ2v) is 4.29. The molecule has 1 aromatic heterocycles. The maximum atomic E-state index is 11.7. The van der Waals surface area contributed by atoms with Gasteiger partial charge >= 0.3 is 0 Å². The third-order valence-electron chi connectivity index (χ3n) is 2.95. The number of nitrogens with one attached hydrogen (secondary N) is 1. The van der Waals surface area contributed by atoms with Gasteiger partial charge in [0.15, 0.2) is 0 Å². The Hall–Kier alpha value is -1.56. The minimum Gasteiger partial charge on any atom is -0.481 e. The Balaban J connectivity index is 2.42. The Morgan fingerprint density at radius 2 is 2.39 bits per heavy atom. The van der Waals surface area contributed by atoms with Crippen molar-refractivity contribution in [2.24, 2.45) is 18.7 Å². The summed E-state index contributed by atoms with van der Waals surface area (Å²) < 4.78 is 6.74. The predicted molar refractivity (Wildman–Crippen MR) is 69.1 cm³/mol. The van der Waals surface area contributed by atoms with Crippen LogP contribution in [-0.2, 0) is 18.4 Å². The van der Waals surface area contributed by atoms with Crippen molar-refractivity contribution in [3.05, 3.63) is 11.8 Å². The van der Waals surface area contributed by atoms with E-state index >= 15 is 0 Å². The zero-order chi connectivity index (χ0) is 13.5. The number of methoxy groups -OCH3 is 1. The highest BCUT2D eigenvalue weighted by molar-refractivity contribution is 5.76. The van der Waals surface area contributed by atoms with Gasteiger partial charge in [-0.1, -0.05) is 13.3 Å². The van der Waals surface area contributed by atoms with Crippen LogP contribution in [0.1, 0.15) is 25.5 Å². The smallest absolute Gasteiger partial charge is 0.220 e. The van der Waals surface area contributed by atoms with E-state index in [1.807, 2.05) is 6.92 Å². The van der Waals surface area contributed by atoms with Crippen LogP contribution in [0.3, 0.4) is 0 Å². The van der Waals surface area contributed by atoms with Gasteiger partial charge in [-0.25, -0.2) is 4.68 Å². The highest BCUT2D eigenvalue weighted by Crippen LogP contribution is 2.11. The molecule has 0 aliphatic rings. The van der Waals surface area contributed by atoms with Gasteiger partial charge in [0.05, 0.1) is 19.3 Å². The molecular weight excluding hydrogens is 232 g/mol. The molecule has 1 rings (SSSR count). The fourth-order valence-electron chi connectivity index (χ4n) is 1.70. The fourth-order valence-corrected chi connectivity index (χ4v) is 1.70. The van der Waals surface area contributed by atoms with Gasteiger partial charge in [0, 0.05) is 19.5 Å². The van der Waals surface area contributed by atoms with Crippen molar-refractivity contribution >= 4 is 5.91 Å². The van der Waals surface area contributed by atoms with Gasteiger partial charge < -0.3 is 15.8 Å². The van der Waals surface area contributed by atoms with Gasteiger partial charge in [-0.2, -0.15) is 5.10 Å². The van der Waals surface area contributed by atoms with Crippen LogP contribution in [0, 0.1) is 5.92 Å². The molecule has 0 spiro atoms. The molecule has 0 bridgehead atoms. The molecule has 0 aliphatic carbocycles. The van der Waals surface area contributed by atoms with Crippen LogP contribution in [0.4, 0.5) is 0 Å². The van der Waals surface area contributed by atoms with Crippen molar-refractivity contribution in [1.82, 2.24) is 15.1 Å². The largest absolute Gasteiger partial charge is 0.481 e. The average Bonchev–Trinajstić information content (AvgIpc) is 2.74. The molecule has 0 radical (unpaired) electrons. The number of amides is 1. The zero-order valence-electron chi connectivity index (χ0n) is 11.3. The topological polar surface area (TPSA) is 82.2 Å². The molecule has 1 aromatic rings. The summed E-state index contributed by atoms with van der Waals surface area (Å²) in [5.41, 5.74) is 6.35. The van der Waals surface area contributed by atoms with Crippen LogP contribution in [0.25, 0.3) is 0 Å². The first-order valence-corrected chi connectivity index (χ1v) is 6.14. The van der Waals surface area contributed by atoms with Gasteiger partial charge in [-0.3, -0.25) is 4.79 Å². The molecule has 1 unspecified atom stereocenters. The minimum atomic E-state index is 0.0110. The van der Waals surface area contributed by atoms with Crippen LogP contribution >= 0.6 is 0 Å². The first-order valence-electron chi connectivity index (χ1n) is 6.14. The number of nitrogens with two attached hydrogens (primary N) is 1. The average molecular weight is 254 g/mol. The van der Waals surface area contributed by atoms with Crippen LogP contribution in [0.5, 0.6) is 5.88 Å². The second-order valence-electron chi connectivity index (χ2n) is 4.29. The van der Waals surface area contributed by atoms with Gasteiger partial charge in [0.1, 0.15) is 0 Å². The maximum absolute atomic E-state index is 11.7. The maximum Gasteiger partial charge on any atom is 0.220 e. The fraction of sp³-hybridized carbons (Fsp3) is 0.667. The van der Waals surface area contributed by atoms with Crippen molar-refractivity contribution in [2.45, 2.75) is 26.3 Å². The molecule has 6 heteroatoms. The summed E-state index contributed by atoms with van der Waals surface area (Å²) in [6, 6.07) is 1.81. The number of nitrogens with zero attached hydrogens (tertiary/aromatic N) is 2. The molecule has 3 N–H and O–H groups in total. The molecule has 0 aliphatic heterocycles. The lowest BCUT2D eigenvalue weighted by Gasteiger charge is -2.11. The zero-order valence-corrected chi connectivity index (χ0v) is 11.3. The Kier molecular flexibility index (Phi) is 5.64. The Labute approximate surface area is 107 Å². The van der Waals surface area contributed by atoms with E-state index in [1.165, 1.54) is 0 Å². The van der Waals surface area contributed by atoms with Crippen LogP contribution in [0.2, 0.25) is 0 Å². The van der Waals surface area contributed by atoms with E-state index in [9.17, 15) is 4.79 Å². The second kappa shape index (κ2) is 7.00. The SMILES string of the molecule is CCC(CN)CC(=O)NCc1cc(OC)n(C)n1. The molecule has 1 atom stereocenters. The van der Waals surface area contributed by atoms with Crippen molar-refractivity contribution in [2.75, 3.05) is 13.7 Å². The number of rotatable bonds is 7. The quantitative estimate of drug-likeness (QED) is 0.739. The van der Waals surface area contributed by atoms with Crippen molar-refractivity contribution in [1.29, 1.82) is 0 Å². The van der Waals surface area contributed by atoms with E-state index < -0.39 is 0 Å². The predicted octanol–water partition coefficient (Wildman–Crippen LogP) is 0.420. The van der Waals surface area contributed by atoms with Crippen molar-refractivity contribution in [3.63, 3.8) is 0 Å².